The van der Waals surface area contributed by atoms with Crippen LogP contribution in [0.25, 0.3) is 0 Å². The average molecular weight is 198 g/mol. The summed E-state index contributed by atoms with van der Waals surface area (Å²) >= 11 is 0. The fourth-order valence-electron chi connectivity index (χ4n) is 0.887. The second-order valence-electron chi connectivity index (χ2n) is 2.31. The summed E-state index contributed by atoms with van der Waals surface area (Å²) in [6.07, 6.45) is 6.53. The van der Waals surface area contributed by atoms with Gasteiger partial charge in [0.2, 0.25) is 0 Å². The molecule has 0 aliphatic rings. The van der Waals surface area contributed by atoms with Gasteiger partial charge in [0.15, 0.2) is 5.03 Å². The minimum Gasteiger partial charge on any atom is -0.334 e. The monoisotopic (exact) mass is 198 g/mol. The molecule has 0 fully saturated rings. The normalized spacial score (nSPS) is 11.7. The van der Waals surface area contributed by atoms with Crippen molar-refractivity contribution < 1.29 is 8.42 Å². The molecule has 13 heavy (non-hydrogen) atoms. The SMILES string of the molecule is O=S(=O)(c1cnc[nH]1)n1ccnc1. The lowest BCUT2D eigenvalue weighted by atomic mass is 11.0. The minimum atomic E-state index is -3.52. The van der Waals surface area contributed by atoms with Gasteiger partial charge in [-0.2, -0.15) is 8.42 Å². The number of rotatable bonds is 2. The summed E-state index contributed by atoms with van der Waals surface area (Å²) in [4.78, 5) is 9.80. The second kappa shape index (κ2) is 2.70. The van der Waals surface area contributed by atoms with Crippen molar-refractivity contribution in [3.8, 4) is 0 Å². The molecule has 0 saturated heterocycles. The smallest absolute Gasteiger partial charge is 0.286 e. The van der Waals surface area contributed by atoms with E-state index in [-0.39, 0.29) is 5.03 Å². The topological polar surface area (TPSA) is 80.6 Å². The first-order valence-corrected chi connectivity index (χ1v) is 4.87. The van der Waals surface area contributed by atoms with Crippen LogP contribution in [0.4, 0.5) is 0 Å². The number of aromatic amines is 1. The molecule has 0 amide bonds. The van der Waals surface area contributed by atoms with Gasteiger partial charge in [-0.1, -0.05) is 0 Å². The van der Waals surface area contributed by atoms with Crippen molar-refractivity contribution in [1.29, 1.82) is 0 Å². The molecule has 0 bridgehead atoms. The zero-order chi connectivity index (χ0) is 9.31. The highest BCUT2D eigenvalue weighted by Gasteiger charge is 2.16. The maximum Gasteiger partial charge on any atom is 0.286 e. The first-order chi connectivity index (χ1) is 6.21. The predicted octanol–water partition coefficient (Wildman–Crippen LogP) is -0.157. The van der Waals surface area contributed by atoms with Gasteiger partial charge in [-0.15, -0.1) is 0 Å². The Hall–Kier alpha value is -1.63. The Morgan fingerprint density at radius 2 is 2.23 bits per heavy atom. The summed E-state index contributed by atoms with van der Waals surface area (Å²) in [5.74, 6) is 0. The van der Waals surface area contributed by atoms with E-state index in [1.54, 1.807) is 0 Å². The van der Waals surface area contributed by atoms with E-state index >= 15 is 0 Å². The van der Waals surface area contributed by atoms with Crippen LogP contribution in [0.15, 0.2) is 36.3 Å². The zero-order valence-corrected chi connectivity index (χ0v) is 7.27. The van der Waals surface area contributed by atoms with Gasteiger partial charge < -0.3 is 4.98 Å². The van der Waals surface area contributed by atoms with Crippen LogP contribution in [0.1, 0.15) is 0 Å². The molecule has 2 aromatic rings. The Morgan fingerprint density at radius 3 is 2.77 bits per heavy atom. The van der Waals surface area contributed by atoms with Crippen molar-refractivity contribution in [2.45, 2.75) is 5.03 Å². The van der Waals surface area contributed by atoms with Crippen molar-refractivity contribution in [3.63, 3.8) is 0 Å². The summed E-state index contributed by atoms with van der Waals surface area (Å²) in [5, 5.41) is 0.0468. The van der Waals surface area contributed by atoms with Crippen LogP contribution < -0.4 is 0 Å². The molecule has 1 N–H and O–H groups in total. The second-order valence-corrected chi connectivity index (χ2v) is 4.13. The predicted molar refractivity (Wildman–Crippen MR) is 43.4 cm³/mol. The van der Waals surface area contributed by atoms with Crippen LogP contribution >= 0.6 is 0 Å². The van der Waals surface area contributed by atoms with Crippen LogP contribution in [0, 0.1) is 0 Å². The molecule has 0 saturated carbocycles. The van der Waals surface area contributed by atoms with Gasteiger partial charge in [-0.3, -0.25) is 0 Å². The van der Waals surface area contributed by atoms with Gasteiger partial charge in [-0.25, -0.2) is 13.9 Å². The maximum atomic E-state index is 11.6. The van der Waals surface area contributed by atoms with Gasteiger partial charge >= 0.3 is 0 Å². The van der Waals surface area contributed by atoms with Gasteiger partial charge in [0, 0.05) is 12.4 Å². The van der Waals surface area contributed by atoms with Crippen LogP contribution in [-0.2, 0) is 10.0 Å². The van der Waals surface area contributed by atoms with Gasteiger partial charge in [0.25, 0.3) is 10.0 Å². The molecule has 2 aromatic heterocycles. The summed E-state index contributed by atoms with van der Waals surface area (Å²) in [5.41, 5.74) is 0. The van der Waals surface area contributed by atoms with Crippen molar-refractivity contribution in [3.05, 3.63) is 31.2 Å². The van der Waals surface area contributed by atoms with Gasteiger partial charge in [0.05, 0.1) is 12.5 Å². The molecule has 0 aliphatic heterocycles. The highest BCUT2D eigenvalue weighted by atomic mass is 32.2. The molecule has 6 nitrogen and oxygen atoms in total. The van der Waals surface area contributed by atoms with Gasteiger partial charge in [-0.05, 0) is 0 Å². The lowest BCUT2D eigenvalue weighted by Crippen LogP contribution is -2.11. The summed E-state index contributed by atoms with van der Waals surface area (Å²) in [6, 6.07) is 0. The van der Waals surface area contributed by atoms with Crippen molar-refractivity contribution in [1.82, 2.24) is 18.9 Å². The molecule has 0 unspecified atom stereocenters. The third-order valence-corrected chi connectivity index (χ3v) is 3.06. The average Bonchev–Trinajstić information content (AvgIpc) is 2.78. The van der Waals surface area contributed by atoms with Crippen molar-refractivity contribution >= 4 is 10.0 Å². The maximum absolute atomic E-state index is 11.6. The number of H-pyrrole nitrogens is 1. The molecule has 0 atom stereocenters. The summed E-state index contributed by atoms with van der Waals surface area (Å²) in [6.45, 7) is 0. The van der Waals surface area contributed by atoms with Crippen LogP contribution in [-0.4, -0.2) is 27.3 Å². The van der Waals surface area contributed by atoms with Crippen LogP contribution in [0.3, 0.4) is 0 Å². The van der Waals surface area contributed by atoms with E-state index in [0.717, 1.165) is 3.97 Å². The van der Waals surface area contributed by atoms with E-state index in [2.05, 4.69) is 15.0 Å². The number of hydrogen-bond acceptors (Lipinski definition) is 4. The first kappa shape index (κ1) is 7.99. The largest absolute Gasteiger partial charge is 0.334 e. The van der Waals surface area contributed by atoms with Crippen LogP contribution in [0.2, 0.25) is 0 Å². The molecular formula is C6H6N4O2S. The fourth-order valence-corrected chi connectivity index (χ4v) is 1.90. The number of imidazole rings is 2. The lowest BCUT2D eigenvalue weighted by molar-refractivity contribution is 0.584. The van der Waals surface area contributed by atoms with Crippen molar-refractivity contribution in [2.75, 3.05) is 0 Å². The minimum absolute atomic E-state index is 0.0468. The Labute approximate surface area is 74.3 Å². The molecule has 0 aromatic carbocycles. The quantitative estimate of drug-likeness (QED) is 0.727. The zero-order valence-electron chi connectivity index (χ0n) is 6.45. The molecular weight excluding hydrogens is 192 g/mol. The summed E-state index contributed by atoms with van der Waals surface area (Å²) < 4.78 is 24.2. The Kier molecular flexibility index (Phi) is 1.66. The molecule has 0 aliphatic carbocycles. The molecule has 0 radical (unpaired) electrons. The Balaban J connectivity index is 2.56. The van der Waals surface area contributed by atoms with E-state index in [1.807, 2.05) is 0 Å². The highest BCUT2D eigenvalue weighted by Crippen LogP contribution is 2.07. The summed E-state index contributed by atoms with van der Waals surface area (Å²) in [7, 11) is -3.52. The van der Waals surface area contributed by atoms with E-state index < -0.39 is 10.0 Å². The third-order valence-electron chi connectivity index (χ3n) is 1.51. The Morgan fingerprint density at radius 1 is 1.38 bits per heavy atom. The Bertz CT molecular complexity index is 430. The molecule has 2 rings (SSSR count). The number of nitrogens with one attached hydrogen (secondary N) is 1. The number of nitrogens with zero attached hydrogens (tertiary/aromatic N) is 3. The molecule has 7 heteroatoms. The number of hydrogen-bond donors (Lipinski definition) is 1. The van der Waals surface area contributed by atoms with Crippen molar-refractivity contribution in [2.24, 2.45) is 0 Å². The molecule has 2 heterocycles. The van der Waals surface area contributed by atoms with E-state index in [9.17, 15) is 8.42 Å². The lowest BCUT2D eigenvalue weighted by Gasteiger charge is -1.99. The van der Waals surface area contributed by atoms with E-state index in [4.69, 9.17) is 0 Å². The standard InChI is InChI=1S/C6H6N4O2S/c11-13(12,6-3-8-4-9-6)10-2-1-7-5-10/h1-5H,(H,8,9). The fraction of sp³-hybridized carbons (Fsp3) is 0. The van der Waals surface area contributed by atoms with E-state index in [1.165, 1.54) is 31.2 Å². The van der Waals surface area contributed by atoms with E-state index in [0.29, 0.717) is 0 Å². The molecule has 68 valence electrons. The first-order valence-electron chi connectivity index (χ1n) is 3.43. The molecule has 0 spiro atoms. The third kappa shape index (κ3) is 1.22. The van der Waals surface area contributed by atoms with Gasteiger partial charge in [0.1, 0.15) is 6.33 Å². The van der Waals surface area contributed by atoms with Crippen LogP contribution in [0.5, 0.6) is 0 Å². The highest BCUT2D eigenvalue weighted by molar-refractivity contribution is 7.89. The number of aromatic nitrogens is 4.